The minimum absolute atomic E-state index is 0.00254. The molecule has 1 aromatic carbocycles. The van der Waals surface area contributed by atoms with Gasteiger partial charge >= 0.3 is 5.97 Å². The molecule has 7 rings (SSSR count). The molecule has 3 aliphatic rings. The predicted octanol–water partition coefficient (Wildman–Crippen LogP) is 5.02. The number of hydrogen-bond donors (Lipinski definition) is 1. The number of esters is 1. The number of rotatable bonds is 6. The number of pyridine rings is 1. The number of carbonyl (C=O) groups excluding carboxylic acids is 1. The monoisotopic (exact) mass is 581 g/mol. The molecule has 9 nitrogen and oxygen atoms in total. The molecule has 0 amide bonds. The molecule has 1 N–H and O–H groups in total. The maximum absolute atomic E-state index is 15.1. The summed E-state index contributed by atoms with van der Waals surface area (Å²) in [6.07, 6.45) is 6.87. The van der Waals surface area contributed by atoms with Gasteiger partial charge in [-0.15, -0.1) is 0 Å². The molecule has 3 fully saturated rings. The Morgan fingerprint density at radius 3 is 2.34 bits per heavy atom. The van der Waals surface area contributed by atoms with E-state index >= 15 is 4.39 Å². The van der Waals surface area contributed by atoms with Crippen LogP contribution in [0.1, 0.15) is 36.8 Å². The highest BCUT2D eigenvalue weighted by atomic mass is 32.2. The maximum Gasteiger partial charge on any atom is 0.311 e. The average Bonchev–Trinajstić information content (AvgIpc) is 3.38. The van der Waals surface area contributed by atoms with Gasteiger partial charge < -0.3 is 10.1 Å². The Hall–Kier alpha value is -3.93. The lowest BCUT2D eigenvalue weighted by Gasteiger charge is -2.47. The standard InChI is InChI=1S/C29H29F2N5O4S/c1-15-4-10-19(11-5-15)41(38,39)36-14-20(23-16(2)21(30)12-33-28(23)36)26-32-13-22(31)27(35-26)34-25-18-8-6-17(7-9-18)24(25)29(37)40-3/h4-5,10-14,17-18,24-25H,6-9H2,1-3H3,(H,32,34,35). The van der Waals surface area contributed by atoms with E-state index in [0.29, 0.717) is 0 Å². The number of fused-ring (bicyclic) bond motifs is 4. The average molecular weight is 582 g/mol. The number of anilines is 1. The van der Waals surface area contributed by atoms with Crippen LogP contribution in [0.2, 0.25) is 0 Å². The molecular weight excluding hydrogens is 552 g/mol. The Morgan fingerprint density at radius 2 is 1.66 bits per heavy atom. The lowest BCUT2D eigenvalue weighted by molar-refractivity contribution is -0.152. The number of aromatic nitrogens is 4. The summed E-state index contributed by atoms with van der Waals surface area (Å²) in [6.45, 7) is 3.35. The Bertz CT molecular complexity index is 1770. The van der Waals surface area contributed by atoms with Gasteiger partial charge in [0.05, 0.1) is 30.3 Å². The Labute approximate surface area is 236 Å². The number of nitrogens with one attached hydrogen (secondary N) is 1. The van der Waals surface area contributed by atoms with Gasteiger partial charge in [-0.25, -0.2) is 36.1 Å². The van der Waals surface area contributed by atoms with Crippen molar-refractivity contribution in [1.82, 2.24) is 18.9 Å². The van der Waals surface area contributed by atoms with Crippen LogP contribution in [0.3, 0.4) is 0 Å². The third-order valence-electron chi connectivity index (χ3n) is 8.54. The maximum atomic E-state index is 15.1. The van der Waals surface area contributed by atoms with Crippen LogP contribution in [-0.4, -0.2) is 46.5 Å². The van der Waals surface area contributed by atoms with Crippen molar-refractivity contribution in [2.24, 2.45) is 17.8 Å². The first-order valence-electron chi connectivity index (χ1n) is 13.5. The van der Waals surface area contributed by atoms with Crippen LogP contribution in [0.15, 0.2) is 47.8 Å². The van der Waals surface area contributed by atoms with Crippen molar-refractivity contribution in [3.8, 4) is 11.4 Å². The Morgan fingerprint density at radius 1 is 1.00 bits per heavy atom. The van der Waals surface area contributed by atoms with Crippen molar-refractivity contribution in [3.05, 3.63) is 65.6 Å². The number of methoxy groups -OCH3 is 1. The number of aryl methyl sites for hydroxylation is 2. The summed E-state index contributed by atoms with van der Waals surface area (Å²) < 4.78 is 63.2. The predicted molar refractivity (Wildman–Crippen MR) is 148 cm³/mol. The van der Waals surface area contributed by atoms with Gasteiger partial charge in [-0.05, 0) is 69.1 Å². The fourth-order valence-corrected chi connectivity index (χ4v) is 7.68. The van der Waals surface area contributed by atoms with E-state index in [9.17, 15) is 17.6 Å². The highest BCUT2D eigenvalue weighted by Gasteiger charge is 2.48. The van der Waals surface area contributed by atoms with E-state index in [-0.39, 0.29) is 62.5 Å². The van der Waals surface area contributed by atoms with Crippen LogP contribution in [0, 0.1) is 43.2 Å². The van der Waals surface area contributed by atoms with Gasteiger partial charge in [0.15, 0.2) is 23.1 Å². The van der Waals surface area contributed by atoms with Gasteiger partial charge in [-0.3, -0.25) is 4.79 Å². The molecule has 0 saturated heterocycles. The summed E-state index contributed by atoms with van der Waals surface area (Å²) in [4.78, 5) is 25.4. The van der Waals surface area contributed by atoms with E-state index in [2.05, 4.69) is 20.3 Å². The summed E-state index contributed by atoms with van der Waals surface area (Å²) in [6, 6.07) is 5.95. The van der Waals surface area contributed by atoms with E-state index in [1.807, 2.05) is 6.92 Å². The number of nitrogens with zero attached hydrogens (tertiary/aromatic N) is 4. The molecule has 3 saturated carbocycles. The minimum atomic E-state index is -4.13. The number of benzene rings is 1. The molecule has 0 radical (unpaired) electrons. The fraction of sp³-hybridized carbons (Fsp3) is 0.379. The molecule has 12 heteroatoms. The number of halogens is 2. The Kier molecular flexibility index (Phi) is 6.75. The first-order valence-corrected chi connectivity index (χ1v) is 14.9. The lowest BCUT2D eigenvalue weighted by Crippen LogP contribution is -2.52. The first-order chi connectivity index (χ1) is 19.6. The Balaban J connectivity index is 1.46. The van der Waals surface area contributed by atoms with Crippen molar-refractivity contribution in [3.63, 3.8) is 0 Å². The molecule has 2 bridgehead atoms. The molecule has 2 atom stereocenters. The topological polar surface area (TPSA) is 116 Å². The smallest absolute Gasteiger partial charge is 0.311 e. The number of carbonyl (C=O) groups is 1. The zero-order valence-corrected chi connectivity index (χ0v) is 23.6. The van der Waals surface area contributed by atoms with E-state index in [1.54, 1.807) is 12.1 Å². The normalized spacial score (nSPS) is 22.2. The summed E-state index contributed by atoms with van der Waals surface area (Å²) in [5, 5.41) is 3.35. The largest absolute Gasteiger partial charge is 0.469 e. The second-order valence-corrected chi connectivity index (χ2v) is 12.7. The molecule has 3 aliphatic carbocycles. The van der Waals surface area contributed by atoms with E-state index in [0.717, 1.165) is 47.6 Å². The number of hydrogen-bond acceptors (Lipinski definition) is 8. The third-order valence-corrected chi connectivity index (χ3v) is 10.2. The molecule has 0 aliphatic heterocycles. The fourth-order valence-electron chi connectivity index (χ4n) is 6.36. The van der Waals surface area contributed by atoms with Crippen LogP contribution in [0.4, 0.5) is 14.6 Å². The zero-order valence-electron chi connectivity index (χ0n) is 22.8. The molecule has 41 heavy (non-hydrogen) atoms. The van der Waals surface area contributed by atoms with E-state index < -0.39 is 27.6 Å². The van der Waals surface area contributed by atoms with E-state index in [4.69, 9.17) is 4.74 Å². The molecule has 2 unspecified atom stereocenters. The van der Waals surface area contributed by atoms with Crippen molar-refractivity contribution in [1.29, 1.82) is 0 Å². The summed E-state index contributed by atoms with van der Waals surface area (Å²) in [5.74, 6) is -1.99. The van der Waals surface area contributed by atoms with Gasteiger partial charge in [0.2, 0.25) is 0 Å². The van der Waals surface area contributed by atoms with Crippen molar-refractivity contribution < 1.29 is 26.7 Å². The van der Waals surface area contributed by atoms with Crippen LogP contribution in [0.5, 0.6) is 0 Å². The van der Waals surface area contributed by atoms with Crippen LogP contribution in [0.25, 0.3) is 22.4 Å². The van der Waals surface area contributed by atoms with Gasteiger partial charge in [-0.1, -0.05) is 17.7 Å². The van der Waals surface area contributed by atoms with Crippen LogP contribution in [-0.2, 0) is 19.6 Å². The minimum Gasteiger partial charge on any atom is -0.469 e. The highest BCUT2D eigenvalue weighted by Crippen LogP contribution is 2.47. The van der Waals surface area contributed by atoms with Gasteiger partial charge in [-0.2, -0.15) is 0 Å². The van der Waals surface area contributed by atoms with Crippen molar-refractivity contribution in [2.45, 2.75) is 50.5 Å². The SMILES string of the molecule is COC(=O)C1C2CCC(CC2)C1Nc1nc(-c2cn(S(=O)(=O)c3ccc(C)cc3)c3ncc(F)c(C)c23)ncc1F. The van der Waals surface area contributed by atoms with Gasteiger partial charge in [0.25, 0.3) is 10.0 Å². The molecule has 4 aromatic rings. The first kappa shape index (κ1) is 27.3. The van der Waals surface area contributed by atoms with Crippen LogP contribution >= 0.6 is 0 Å². The number of ether oxygens (including phenoxy) is 1. The molecular formula is C29H29F2N5O4S. The molecule has 0 spiro atoms. The second kappa shape index (κ2) is 10.2. The molecule has 3 aromatic heterocycles. The van der Waals surface area contributed by atoms with E-state index in [1.165, 1.54) is 32.4 Å². The summed E-state index contributed by atoms with van der Waals surface area (Å²) in [7, 11) is -2.78. The summed E-state index contributed by atoms with van der Waals surface area (Å²) >= 11 is 0. The molecule has 214 valence electrons. The quantitative estimate of drug-likeness (QED) is 0.316. The van der Waals surface area contributed by atoms with Gasteiger partial charge in [0.1, 0.15) is 5.82 Å². The van der Waals surface area contributed by atoms with Crippen LogP contribution < -0.4 is 5.32 Å². The molecule has 3 heterocycles. The van der Waals surface area contributed by atoms with Gasteiger partial charge in [0, 0.05) is 23.2 Å². The zero-order chi connectivity index (χ0) is 29.1. The lowest BCUT2D eigenvalue weighted by atomic mass is 9.61. The highest BCUT2D eigenvalue weighted by molar-refractivity contribution is 7.90. The third kappa shape index (κ3) is 4.54. The van der Waals surface area contributed by atoms with Crippen molar-refractivity contribution in [2.75, 3.05) is 12.4 Å². The van der Waals surface area contributed by atoms with Crippen molar-refractivity contribution >= 4 is 32.8 Å². The summed E-state index contributed by atoms with van der Waals surface area (Å²) in [5.41, 5.74) is 1.22. The second-order valence-electron chi connectivity index (χ2n) is 10.9.